The molecule has 0 spiro atoms. The summed E-state index contributed by atoms with van der Waals surface area (Å²) in [6.45, 7) is 0.718. The summed E-state index contributed by atoms with van der Waals surface area (Å²) >= 11 is 5.82. The number of nitrogens with one attached hydrogen (secondary N) is 2. The summed E-state index contributed by atoms with van der Waals surface area (Å²) in [6, 6.07) is 6.84. The number of nitrogens with zero attached hydrogens (tertiary/aromatic N) is 1. The van der Waals surface area contributed by atoms with Gasteiger partial charge in [-0.1, -0.05) is 23.7 Å². The molecule has 1 unspecified atom stereocenters. The van der Waals surface area contributed by atoms with Gasteiger partial charge in [0, 0.05) is 5.02 Å². The summed E-state index contributed by atoms with van der Waals surface area (Å²) in [4.78, 5) is 37.7. The minimum absolute atomic E-state index is 0.439. The molecule has 1 fully saturated rings. The zero-order valence-electron chi connectivity index (χ0n) is 14.4. The number of hydrogen-bond donors (Lipinski definition) is 2. The van der Waals surface area contributed by atoms with Crippen LogP contribution in [0.3, 0.4) is 0 Å². The Bertz CT molecular complexity index is 984. The van der Waals surface area contributed by atoms with Gasteiger partial charge < -0.3 is 10.6 Å². The van der Waals surface area contributed by atoms with E-state index in [1.54, 1.807) is 24.3 Å². The second kappa shape index (κ2) is 7.16. The third-order valence-electron chi connectivity index (χ3n) is 4.31. The predicted octanol–water partition coefficient (Wildman–Crippen LogP) is 3.16. The highest BCUT2D eigenvalue weighted by atomic mass is 35.5. The number of anilines is 1. The topological polar surface area (TPSA) is 78.5 Å². The zero-order chi connectivity index (χ0) is 20.6. The normalized spacial score (nSPS) is 19.0. The smallest absolute Gasteiger partial charge is 0.322 e. The van der Waals surface area contributed by atoms with Crippen molar-refractivity contribution in [3.63, 3.8) is 0 Å². The SMILES string of the molecule is CC1(c2ccc(Cl)cc2)NC(=O)N(CC(=O)Nc2ccc(F)c(F)c2F)C1=O. The molecule has 1 aliphatic rings. The van der Waals surface area contributed by atoms with Crippen molar-refractivity contribution in [2.45, 2.75) is 12.5 Å². The lowest BCUT2D eigenvalue weighted by Gasteiger charge is -2.22. The van der Waals surface area contributed by atoms with E-state index in [0.29, 0.717) is 21.6 Å². The van der Waals surface area contributed by atoms with Gasteiger partial charge in [-0.3, -0.25) is 14.5 Å². The van der Waals surface area contributed by atoms with Crippen molar-refractivity contribution < 1.29 is 27.6 Å². The summed E-state index contributed by atoms with van der Waals surface area (Å²) < 4.78 is 39.9. The fourth-order valence-electron chi connectivity index (χ4n) is 2.78. The van der Waals surface area contributed by atoms with Gasteiger partial charge in [-0.15, -0.1) is 0 Å². The second-order valence-electron chi connectivity index (χ2n) is 6.22. The first-order chi connectivity index (χ1) is 13.1. The third-order valence-corrected chi connectivity index (χ3v) is 4.56. The van der Waals surface area contributed by atoms with Crippen LogP contribution >= 0.6 is 11.6 Å². The van der Waals surface area contributed by atoms with E-state index in [-0.39, 0.29) is 0 Å². The van der Waals surface area contributed by atoms with Gasteiger partial charge in [0.25, 0.3) is 5.91 Å². The molecule has 146 valence electrons. The van der Waals surface area contributed by atoms with Crippen molar-refractivity contribution in [1.82, 2.24) is 10.2 Å². The largest absolute Gasteiger partial charge is 0.325 e. The molecule has 0 bridgehead atoms. The molecule has 4 amide bonds. The molecular formula is C18H13ClF3N3O3. The Morgan fingerprint density at radius 3 is 2.39 bits per heavy atom. The van der Waals surface area contributed by atoms with Crippen molar-refractivity contribution in [1.29, 1.82) is 0 Å². The van der Waals surface area contributed by atoms with Crippen molar-refractivity contribution in [3.05, 3.63) is 64.4 Å². The van der Waals surface area contributed by atoms with Crippen LogP contribution in [0.2, 0.25) is 5.02 Å². The van der Waals surface area contributed by atoms with E-state index in [4.69, 9.17) is 11.6 Å². The van der Waals surface area contributed by atoms with Crippen LogP contribution in [0.4, 0.5) is 23.7 Å². The lowest BCUT2D eigenvalue weighted by atomic mass is 9.92. The Hall–Kier alpha value is -3.07. The molecule has 1 heterocycles. The van der Waals surface area contributed by atoms with Gasteiger partial charge in [0.2, 0.25) is 5.91 Å². The summed E-state index contributed by atoms with van der Waals surface area (Å²) in [6.07, 6.45) is 0. The van der Waals surface area contributed by atoms with Crippen LogP contribution in [0.5, 0.6) is 0 Å². The first kappa shape index (κ1) is 19.7. The Kier molecular flexibility index (Phi) is 5.03. The van der Waals surface area contributed by atoms with E-state index in [1.165, 1.54) is 6.92 Å². The number of amides is 4. The lowest BCUT2D eigenvalue weighted by Crippen LogP contribution is -2.42. The van der Waals surface area contributed by atoms with E-state index in [1.807, 2.05) is 5.32 Å². The molecule has 0 aliphatic carbocycles. The quantitative estimate of drug-likeness (QED) is 0.599. The van der Waals surface area contributed by atoms with Crippen LogP contribution < -0.4 is 10.6 Å². The molecule has 2 aromatic carbocycles. The molecule has 1 aliphatic heterocycles. The molecule has 6 nitrogen and oxygen atoms in total. The van der Waals surface area contributed by atoms with Crippen LogP contribution in [0, 0.1) is 17.5 Å². The highest BCUT2D eigenvalue weighted by Crippen LogP contribution is 2.29. The Morgan fingerprint density at radius 1 is 1.11 bits per heavy atom. The molecule has 2 N–H and O–H groups in total. The third kappa shape index (κ3) is 3.40. The van der Waals surface area contributed by atoms with Crippen molar-refractivity contribution in [2.75, 3.05) is 11.9 Å². The van der Waals surface area contributed by atoms with Gasteiger partial charge >= 0.3 is 6.03 Å². The van der Waals surface area contributed by atoms with Crippen LogP contribution in [-0.2, 0) is 15.1 Å². The summed E-state index contributed by atoms with van der Waals surface area (Å²) in [7, 11) is 0. The zero-order valence-corrected chi connectivity index (χ0v) is 15.1. The van der Waals surface area contributed by atoms with Crippen molar-refractivity contribution in [2.24, 2.45) is 0 Å². The van der Waals surface area contributed by atoms with E-state index >= 15 is 0 Å². The second-order valence-corrected chi connectivity index (χ2v) is 6.66. The Balaban J connectivity index is 1.76. The molecule has 0 aromatic heterocycles. The molecule has 1 atom stereocenters. The number of urea groups is 1. The Labute approximate surface area is 162 Å². The van der Waals surface area contributed by atoms with Crippen molar-refractivity contribution >= 4 is 35.1 Å². The average molecular weight is 412 g/mol. The number of halogens is 4. The number of benzene rings is 2. The highest BCUT2D eigenvalue weighted by molar-refractivity contribution is 6.30. The maximum atomic E-state index is 13.7. The molecular weight excluding hydrogens is 399 g/mol. The van der Waals surface area contributed by atoms with E-state index in [2.05, 4.69) is 5.32 Å². The summed E-state index contributed by atoms with van der Waals surface area (Å²) in [5.74, 6) is -6.42. The maximum Gasteiger partial charge on any atom is 0.325 e. The minimum atomic E-state index is -1.75. The minimum Gasteiger partial charge on any atom is -0.322 e. The number of carbonyl (C=O) groups is 3. The van der Waals surface area contributed by atoms with Crippen LogP contribution in [0.1, 0.15) is 12.5 Å². The van der Waals surface area contributed by atoms with Crippen LogP contribution in [0.25, 0.3) is 0 Å². The van der Waals surface area contributed by atoms with Gasteiger partial charge in [-0.05, 0) is 36.8 Å². The molecule has 1 saturated heterocycles. The van der Waals surface area contributed by atoms with E-state index in [9.17, 15) is 27.6 Å². The first-order valence-electron chi connectivity index (χ1n) is 7.97. The average Bonchev–Trinajstić information content (AvgIpc) is 2.87. The molecule has 28 heavy (non-hydrogen) atoms. The van der Waals surface area contributed by atoms with E-state index in [0.717, 1.165) is 6.07 Å². The monoisotopic (exact) mass is 411 g/mol. The molecule has 3 rings (SSSR count). The fraction of sp³-hybridized carbons (Fsp3) is 0.167. The lowest BCUT2D eigenvalue weighted by molar-refractivity contribution is -0.133. The van der Waals surface area contributed by atoms with Gasteiger partial charge in [0.05, 0.1) is 5.69 Å². The highest BCUT2D eigenvalue weighted by Gasteiger charge is 2.49. The number of rotatable bonds is 4. The van der Waals surface area contributed by atoms with Crippen LogP contribution in [-0.4, -0.2) is 29.3 Å². The Morgan fingerprint density at radius 2 is 1.75 bits per heavy atom. The predicted molar refractivity (Wildman–Crippen MR) is 94.0 cm³/mol. The molecule has 2 aromatic rings. The maximum absolute atomic E-state index is 13.7. The fourth-order valence-corrected chi connectivity index (χ4v) is 2.90. The standard InChI is InChI=1S/C18H13ClF3N3O3/c1-18(9-2-4-10(19)5-3-9)16(27)25(17(28)24-18)8-13(26)23-12-7-6-11(20)14(21)15(12)22/h2-7H,8H2,1H3,(H,23,26)(H,24,28). The number of carbonyl (C=O) groups excluding carboxylic acids is 3. The molecule has 10 heteroatoms. The van der Waals surface area contributed by atoms with Gasteiger partial charge in [0.15, 0.2) is 17.5 Å². The molecule has 0 radical (unpaired) electrons. The number of hydrogen-bond acceptors (Lipinski definition) is 3. The van der Waals surface area contributed by atoms with Gasteiger partial charge in [0.1, 0.15) is 12.1 Å². The van der Waals surface area contributed by atoms with E-state index < -0.39 is 53.1 Å². The summed E-state index contributed by atoms with van der Waals surface area (Å²) in [5, 5.41) is 4.94. The first-order valence-corrected chi connectivity index (χ1v) is 8.35. The molecule has 0 saturated carbocycles. The van der Waals surface area contributed by atoms with Crippen LogP contribution in [0.15, 0.2) is 36.4 Å². The summed E-state index contributed by atoms with van der Waals surface area (Å²) in [5.41, 5.74) is -1.59. The number of imide groups is 1. The van der Waals surface area contributed by atoms with Gasteiger partial charge in [-0.2, -0.15) is 0 Å². The van der Waals surface area contributed by atoms with Gasteiger partial charge in [-0.25, -0.2) is 18.0 Å². The van der Waals surface area contributed by atoms with Crippen molar-refractivity contribution in [3.8, 4) is 0 Å².